The Kier molecular flexibility index (Phi) is 4.42. The summed E-state index contributed by atoms with van der Waals surface area (Å²) in [5.41, 5.74) is 1.73. The van der Waals surface area contributed by atoms with Crippen molar-refractivity contribution in [3.8, 4) is 11.5 Å². The van der Waals surface area contributed by atoms with Gasteiger partial charge in [0.15, 0.2) is 11.5 Å². The third-order valence-electron chi connectivity index (χ3n) is 4.67. The maximum atomic E-state index is 12.8. The van der Waals surface area contributed by atoms with Gasteiger partial charge in [-0.05, 0) is 49.2 Å². The monoisotopic (exact) mass is 424 g/mol. The van der Waals surface area contributed by atoms with Crippen molar-refractivity contribution in [2.24, 2.45) is 0 Å². The Hall–Kier alpha value is -2.46. The second-order valence-corrected chi connectivity index (χ2v) is 10.4. The summed E-state index contributed by atoms with van der Waals surface area (Å²) in [4.78, 5) is 0.0587. The van der Waals surface area contributed by atoms with Crippen LogP contribution in [0.5, 0.6) is 11.5 Å². The van der Waals surface area contributed by atoms with Crippen LogP contribution >= 0.6 is 0 Å². The van der Waals surface area contributed by atoms with E-state index in [9.17, 15) is 16.8 Å². The van der Waals surface area contributed by atoms with Crippen LogP contribution in [0.3, 0.4) is 0 Å². The van der Waals surface area contributed by atoms with Crippen molar-refractivity contribution >= 4 is 31.4 Å². The average molecular weight is 425 g/mol. The van der Waals surface area contributed by atoms with Crippen LogP contribution in [0, 0.1) is 0 Å². The molecule has 8 nitrogen and oxygen atoms in total. The Morgan fingerprint density at radius 1 is 1.00 bits per heavy atom. The van der Waals surface area contributed by atoms with Crippen LogP contribution in [0.15, 0.2) is 41.3 Å². The molecule has 150 valence electrons. The second kappa shape index (κ2) is 6.56. The Morgan fingerprint density at radius 2 is 1.71 bits per heavy atom. The van der Waals surface area contributed by atoms with Crippen molar-refractivity contribution in [2.45, 2.75) is 24.3 Å². The number of anilines is 2. The number of hydrogen-bond acceptors (Lipinski definition) is 6. The summed E-state index contributed by atoms with van der Waals surface area (Å²) >= 11 is 0. The summed E-state index contributed by atoms with van der Waals surface area (Å²) in [6, 6.07) is 9.10. The Labute approximate surface area is 164 Å². The molecule has 0 fully saturated rings. The van der Waals surface area contributed by atoms with E-state index in [0.29, 0.717) is 42.5 Å². The van der Waals surface area contributed by atoms with Crippen LogP contribution in [-0.4, -0.2) is 42.3 Å². The first kappa shape index (κ1) is 18.9. The van der Waals surface area contributed by atoms with E-state index >= 15 is 0 Å². The third kappa shape index (κ3) is 3.37. The van der Waals surface area contributed by atoms with Gasteiger partial charge in [-0.15, -0.1) is 0 Å². The zero-order valence-corrected chi connectivity index (χ0v) is 17.0. The molecule has 2 aliphatic rings. The molecule has 1 unspecified atom stereocenters. The fraction of sp³-hybridized carbons (Fsp3) is 0.333. The standard InChI is InChI=1S/C18H20N2O6S2/c1-12-9-13-10-14(3-5-16(13)20(12)27(2,21)22)19-28(23,24)15-4-6-17-18(11-15)26-8-7-25-17/h3-6,10-12,19H,7-9H2,1-2H3. The van der Waals surface area contributed by atoms with Crippen molar-refractivity contribution in [1.29, 1.82) is 0 Å². The van der Waals surface area contributed by atoms with Crippen molar-refractivity contribution in [3.05, 3.63) is 42.0 Å². The van der Waals surface area contributed by atoms with Gasteiger partial charge in [0.05, 0.1) is 16.8 Å². The fourth-order valence-electron chi connectivity index (χ4n) is 3.58. The molecule has 0 saturated carbocycles. The molecular weight excluding hydrogens is 404 g/mol. The Balaban J connectivity index is 1.62. The van der Waals surface area contributed by atoms with Crippen LogP contribution in [0.25, 0.3) is 0 Å². The molecule has 0 aliphatic carbocycles. The molecule has 4 rings (SSSR count). The van der Waals surface area contributed by atoms with Crippen molar-refractivity contribution < 1.29 is 26.3 Å². The fourth-order valence-corrected chi connectivity index (χ4v) is 5.90. The smallest absolute Gasteiger partial charge is 0.262 e. The lowest BCUT2D eigenvalue weighted by Crippen LogP contribution is -2.34. The molecule has 0 saturated heterocycles. The van der Waals surface area contributed by atoms with Gasteiger partial charge in [-0.25, -0.2) is 16.8 Å². The SMILES string of the molecule is CC1Cc2cc(NS(=O)(=O)c3ccc4c(c3)OCCO4)ccc2N1S(C)(=O)=O. The summed E-state index contributed by atoms with van der Waals surface area (Å²) in [6.07, 6.45) is 1.68. The highest BCUT2D eigenvalue weighted by Gasteiger charge is 2.32. The number of sulfonamides is 2. The summed E-state index contributed by atoms with van der Waals surface area (Å²) < 4.78 is 64.3. The summed E-state index contributed by atoms with van der Waals surface area (Å²) in [5.74, 6) is 0.901. The molecule has 0 bridgehead atoms. The van der Waals surface area contributed by atoms with E-state index in [1.807, 2.05) is 6.92 Å². The van der Waals surface area contributed by atoms with Crippen molar-refractivity contribution in [3.63, 3.8) is 0 Å². The minimum Gasteiger partial charge on any atom is -0.486 e. The quantitative estimate of drug-likeness (QED) is 0.805. The van der Waals surface area contributed by atoms with E-state index in [0.717, 1.165) is 11.8 Å². The van der Waals surface area contributed by atoms with Crippen molar-refractivity contribution in [2.75, 3.05) is 28.5 Å². The maximum Gasteiger partial charge on any atom is 0.262 e. The van der Waals surface area contributed by atoms with Crippen LogP contribution < -0.4 is 18.5 Å². The molecule has 10 heteroatoms. The number of fused-ring (bicyclic) bond motifs is 2. The Bertz CT molecular complexity index is 1140. The van der Waals surface area contributed by atoms with Gasteiger partial charge >= 0.3 is 0 Å². The molecular formula is C18H20N2O6S2. The number of nitrogens with one attached hydrogen (secondary N) is 1. The van der Waals surface area contributed by atoms with Gasteiger partial charge in [0, 0.05) is 17.8 Å². The largest absolute Gasteiger partial charge is 0.486 e. The average Bonchev–Trinajstić information content (AvgIpc) is 2.96. The number of benzene rings is 2. The molecule has 0 spiro atoms. The predicted molar refractivity (Wildman–Crippen MR) is 105 cm³/mol. The molecule has 0 amide bonds. The lowest BCUT2D eigenvalue weighted by molar-refractivity contribution is 0.171. The van der Waals surface area contributed by atoms with E-state index in [2.05, 4.69) is 4.72 Å². The molecule has 1 N–H and O–H groups in total. The number of ether oxygens (including phenoxy) is 2. The topological polar surface area (TPSA) is 102 Å². The maximum absolute atomic E-state index is 12.8. The van der Waals surface area contributed by atoms with E-state index in [4.69, 9.17) is 9.47 Å². The van der Waals surface area contributed by atoms with Gasteiger partial charge in [0.2, 0.25) is 10.0 Å². The van der Waals surface area contributed by atoms with E-state index in [1.165, 1.54) is 16.4 Å². The lowest BCUT2D eigenvalue weighted by Gasteiger charge is -2.22. The normalized spacial score (nSPS) is 18.6. The zero-order chi connectivity index (χ0) is 20.1. The van der Waals surface area contributed by atoms with Crippen LogP contribution in [0.4, 0.5) is 11.4 Å². The van der Waals surface area contributed by atoms with Gasteiger partial charge in [-0.2, -0.15) is 0 Å². The highest BCUT2D eigenvalue weighted by molar-refractivity contribution is 7.92. The van der Waals surface area contributed by atoms with Crippen LogP contribution in [0.1, 0.15) is 12.5 Å². The van der Waals surface area contributed by atoms with Crippen LogP contribution in [-0.2, 0) is 26.5 Å². The number of hydrogen-bond donors (Lipinski definition) is 1. The molecule has 2 aromatic carbocycles. The molecule has 1 atom stereocenters. The molecule has 2 aromatic rings. The zero-order valence-electron chi connectivity index (χ0n) is 15.4. The summed E-state index contributed by atoms with van der Waals surface area (Å²) in [5, 5.41) is 0. The Morgan fingerprint density at radius 3 is 2.43 bits per heavy atom. The van der Waals surface area contributed by atoms with Crippen LogP contribution in [0.2, 0.25) is 0 Å². The van der Waals surface area contributed by atoms with Gasteiger partial charge in [-0.1, -0.05) is 0 Å². The van der Waals surface area contributed by atoms with Gasteiger partial charge in [-0.3, -0.25) is 9.03 Å². The second-order valence-electron chi connectivity index (χ2n) is 6.87. The van der Waals surface area contributed by atoms with Crippen molar-refractivity contribution in [1.82, 2.24) is 0 Å². The molecule has 28 heavy (non-hydrogen) atoms. The van der Waals surface area contributed by atoms with E-state index in [-0.39, 0.29) is 10.9 Å². The van der Waals surface area contributed by atoms with E-state index < -0.39 is 20.0 Å². The lowest BCUT2D eigenvalue weighted by atomic mass is 10.1. The first-order chi connectivity index (χ1) is 13.1. The van der Waals surface area contributed by atoms with Gasteiger partial charge < -0.3 is 9.47 Å². The minimum absolute atomic E-state index is 0.0587. The molecule has 0 radical (unpaired) electrons. The third-order valence-corrected chi connectivity index (χ3v) is 7.32. The number of rotatable bonds is 4. The first-order valence-corrected chi connectivity index (χ1v) is 12.0. The minimum atomic E-state index is -3.84. The van der Waals surface area contributed by atoms with Gasteiger partial charge in [0.1, 0.15) is 13.2 Å². The molecule has 2 aliphatic heterocycles. The predicted octanol–water partition coefficient (Wildman–Crippen LogP) is 1.97. The molecule has 2 heterocycles. The van der Waals surface area contributed by atoms with Gasteiger partial charge in [0.25, 0.3) is 10.0 Å². The van der Waals surface area contributed by atoms with E-state index in [1.54, 1.807) is 24.3 Å². The molecule has 0 aromatic heterocycles. The summed E-state index contributed by atoms with van der Waals surface area (Å²) in [6.45, 7) is 2.61. The first-order valence-electron chi connectivity index (χ1n) is 8.70. The highest BCUT2D eigenvalue weighted by atomic mass is 32.2. The number of nitrogens with zero attached hydrogens (tertiary/aromatic N) is 1. The summed E-state index contributed by atoms with van der Waals surface area (Å²) in [7, 11) is -7.23. The highest BCUT2D eigenvalue weighted by Crippen LogP contribution is 2.37.